The Kier molecular flexibility index (Phi) is 5.06. The summed E-state index contributed by atoms with van der Waals surface area (Å²) in [7, 11) is 0. The fraction of sp³-hybridized carbons (Fsp3) is 0.368. The van der Waals surface area contributed by atoms with Gasteiger partial charge in [0.25, 0.3) is 0 Å². The summed E-state index contributed by atoms with van der Waals surface area (Å²) in [5.74, 6) is -0.599. The Morgan fingerprint density at radius 2 is 1.84 bits per heavy atom. The van der Waals surface area contributed by atoms with Crippen LogP contribution in [-0.4, -0.2) is 35.1 Å². The summed E-state index contributed by atoms with van der Waals surface area (Å²) in [6.45, 7) is 0.724. The molecule has 0 bridgehead atoms. The summed E-state index contributed by atoms with van der Waals surface area (Å²) >= 11 is 0. The molecule has 1 aliphatic heterocycles. The van der Waals surface area contributed by atoms with Crippen LogP contribution in [0.5, 0.6) is 0 Å². The minimum absolute atomic E-state index is 0.228. The normalized spacial score (nSPS) is 16.0. The zero-order valence-corrected chi connectivity index (χ0v) is 13.7. The summed E-state index contributed by atoms with van der Waals surface area (Å²) in [5.41, 5.74) is 3.28. The molecule has 6 heteroatoms. The monoisotopic (exact) mass is 348 g/mol. The Bertz CT molecular complexity index is 723. The molecule has 1 aromatic heterocycles. The van der Waals surface area contributed by atoms with E-state index in [0.29, 0.717) is 25.9 Å². The van der Waals surface area contributed by atoms with Crippen LogP contribution in [0.4, 0.5) is 13.2 Å². The molecular formula is C19H19F3N2O. The number of piperidine rings is 1. The number of rotatable bonds is 3. The lowest BCUT2D eigenvalue weighted by atomic mass is 9.85. The molecule has 2 heterocycles. The third kappa shape index (κ3) is 4.38. The van der Waals surface area contributed by atoms with E-state index in [1.54, 1.807) is 12.4 Å². The highest BCUT2D eigenvalue weighted by Crippen LogP contribution is 2.35. The van der Waals surface area contributed by atoms with E-state index in [1.165, 1.54) is 10.5 Å². The first-order chi connectivity index (χ1) is 11.9. The Labute approximate surface area is 144 Å². The second-order valence-corrected chi connectivity index (χ2v) is 6.28. The number of benzene rings is 1. The fourth-order valence-corrected chi connectivity index (χ4v) is 3.36. The van der Waals surface area contributed by atoms with Crippen molar-refractivity contribution in [1.82, 2.24) is 9.88 Å². The Hall–Kier alpha value is -2.37. The van der Waals surface area contributed by atoms with E-state index < -0.39 is 18.5 Å². The van der Waals surface area contributed by atoms with Crippen molar-refractivity contribution < 1.29 is 18.0 Å². The van der Waals surface area contributed by atoms with E-state index >= 15 is 0 Å². The van der Waals surface area contributed by atoms with Gasteiger partial charge in [-0.1, -0.05) is 30.3 Å². The van der Waals surface area contributed by atoms with Gasteiger partial charge in [0.15, 0.2) is 0 Å². The van der Waals surface area contributed by atoms with Crippen LogP contribution in [0.2, 0.25) is 0 Å². The Morgan fingerprint density at radius 1 is 1.12 bits per heavy atom. The number of likely N-dealkylation sites (tertiary alicyclic amines) is 1. The zero-order chi connectivity index (χ0) is 17.9. The van der Waals surface area contributed by atoms with Crippen LogP contribution in [0, 0.1) is 0 Å². The molecule has 1 saturated heterocycles. The average molecular weight is 348 g/mol. The first kappa shape index (κ1) is 17.5. The summed E-state index contributed by atoms with van der Waals surface area (Å²) in [6, 6.07) is 11.9. The van der Waals surface area contributed by atoms with Gasteiger partial charge < -0.3 is 4.90 Å². The van der Waals surface area contributed by atoms with Gasteiger partial charge in [-0.15, -0.1) is 0 Å². The SMILES string of the molecule is O=C(CC(F)(F)F)N1CCC(c2ccccc2-c2cccnc2)CC1. The molecule has 132 valence electrons. The quantitative estimate of drug-likeness (QED) is 0.823. The number of halogens is 3. The van der Waals surface area contributed by atoms with Gasteiger partial charge in [-0.25, -0.2) is 0 Å². The Morgan fingerprint density at radius 3 is 2.48 bits per heavy atom. The first-order valence-electron chi connectivity index (χ1n) is 8.28. The minimum atomic E-state index is -4.44. The minimum Gasteiger partial charge on any atom is -0.342 e. The Balaban J connectivity index is 1.71. The molecule has 3 rings (SSSR count). The van der Waals surface area contributed by atoms with Crippen LogP contribution in [-0.2, 0) is 4.79 Å². The van der Waals surface area contributed by atoms with Crippen molar-refractivity contribution in [3.63, 3.8) is 0 Å². The van der Waals surface area contributed by atoms with Gasteiger partial charge in [-0.2, -0.15) is 13.2 Å². The number of carbonyl (C=O) groups is 1. The van der Waals surface area contributed by atoms with Crippen molar-refractivity contribution in [3.05, 3.63) is 54.4 Å². The summed E-state index contributed by atoms with van der Waals surface area (Å²) < 4.78 is 37.2. The van der Waals surface area contributed by atoms with Gasteiger partial charge in [0.1, 0.15) is 6.42 Å². The number of hydrogen-bond donors (Lipinski definition) is 0. The van der Waals surface area contributed by atoms with E-state index in [1.807, 2.05) is 30.3 Å². The molecule has 0 N–H and O–H groups in total. The van der Waals surface area contributed by atoms with Crippen LogP contribution in [0.25, 0.3) is 11.1 Å². The van der Waals surface area contributed by atoms with Gasteiger partial charge >= 0.3 is 6.18 Å². The number of hydrogen-bond acceptors (Lipinski definition) is 2. The van der Waals surface area contributed by atoms with Crippen LogP contribution < -0.4 is 0 Å². The van der Waals surface area contributed by atoms with Crippen molar-refractivity contribution in [2.24, 2.45) is 0 Å². The predicted molar refractivity (Wildman–Crippen MR) is 88.9 cm³/mol. The second kappa shape index (κ2) is 7.25. The summed E-state index contributed by atoms with van der Waals surface area (Å²) in [6.07, 6.45) is -0.954. The molecule has 1 amide bonds. The van der Waals surface area contributed by atoms with Crippen molar-refractivity contribution in [3.8, 4) is 11.1 Å². The number of amides is 1. The van der Waals surface area contributed by atoms with Gasteiger partial charge in [0.2, 0.25) is 5.91 Å². The third-order valence-electron chi connectivity index (χ3n) is 4.57. The molecule has 1 aromatic carbocycles. The van der Waals surface area contributed by atoms with Crippen molar-refractivity contribution in [1.29, 1.82) is 0 Å². The van der Waals surface area contributed by atoms with Crippen LogP contribution in [0.1, 0.15) is 30.7 Å². The zero-order valence-electron chi connectivity index (χ0n) is 13.7. The second-order valence-electron chi connectivity index (χ2n) is 6.28. The van der Waals surface area contributed by atoms with Crippen LogP contribution in [0.3, 0.4) is 0 Å². The maximum absolute atomic E-state index is 12.4. The maximum Gasteiger partial charge on any atom is 0.397 e. The smallest absolute Gasteiger partial charge is 0.342 e. The average Bonchev–Trinajstić information content (AvgIpc) is 2.61. The molecule has 0 atom stereocenters. The summed E-state index contributed by atoms with van der Waals surface area (Å²) in [4.78, 5) is 17.2. The van der Waals surface area contributed by atoms with Crippen molar-refractivity contribution in [2.45, 2.75) is 31.4 Å². The number of pyridine rings is 1. The van der Waals surface area contributed by atoms with E-state index in [9.17, 15) is 18.0 Å². The van der Waals surface area contributed by atoms with E-state index in [4.69, 9.17) is 0 Å². The highest BCUT2D eigenvalue weighted by molar-refractivity contribution is 5.77. The highest BCUT2D eigenvalue weighted by atomic mass is 19.4. The molecule has 1 aliphatic rings. The number of nitrogens with zero attached hydrogens (tertiary/aromatic N) is 2. The summed E-state index contributed by atoms with van der Waals surface area (Å²) in [5, 5.41) is 0. The molecule has 0 spiro atoms. The molecule has 0 radical (unpaired) electrons. The molecule has 1 fully saturated rings. The molecular weight excluding hydrogens is 329 g/mol. The lowest BCUT2D eigenvalue weighted by molar-refractivity contribution is -0.162. The highest BCUT2D eigenvalue weighted by Gasteiger charge is 2.35. The molecule has 2 aromatic rings. The molecule has 0 saturated carbocycles. The van der Waals surface area contributed by atoms with E-state index in [0.717, 1.165) is 11.1 Å². The number of carbonyl (C=O) groups excluding carboxylic acids is 1. The van der Waals surface area contributed by atoms with Crippen molar-refractivity contribution in [2.75, 3.05) is 13.1 Å². The van der Waals surface area contributed by atoms with Gasteiger partial charge in [-0.05, 0) is 36.0 Å². The third-order valence-corrected chi connectivity index (χ3v) is 4.57. The van der Waals surface area contributed by atoms with E-state index in [-0.39, 0.29) is 5.92 Å². The van der Waals surface area contributed by atoms with Crippen molar-refractivity contribution >= 4 is 5.91 Å². The lowest BCUT2D eigenvalue weighted by Gasteiger charge is -2.33. The van der Waals surface area contributed by atoms with Gasteiger partial charge in [0, 0.05) is 31.0 Å². The van der Waals surface area contributed by atoms with Gasteiger partial charge in [-0.3, -0.25) is 9.78 Å². The fourth-order valence-electron chi connectivity index (χ4n) is 3.36. The topological polar surface area (TPSA) is 33.2 Å². The first-order valence-corrected chi connectivity index (χ1v) is 8.28. The van der Waals surface area contributed by atoms with Gasteiger partial charge in [0.05, 0.1) is 0 Å². The largest absolute Gasteiger partial charge is 0.397 e. The van der Waals surface area contributed by atoms with Crippen LogP contribution >= 0.6 is 0 Å². The maximum atomic E-state index is 12.4. The lowest BCUT2D eigenvalue weighted by Crippen LogP contribution is -2.39. The van der Waals surface area contributed by atoms with E-state index in [2.05, 4.69) is 11.1 Å². The standard InChI is InChI=1S/C19H19F3N2O/c20-19(21,22)12-18(25)24-10-7-14(8-11-24)16-5-1-2-6-17(16)15-4-3-9-23-13-15/h1-6,9,13-14H,7-8,10-12H2. The molecule has 0 aliphatic carbocycles. The number of alkyl halides is 3. The molecule has 25 heavy (non-hydrogen) atoms. The predicted octanol–water partition coefficient (Wildman–Crippen LogP) is 4.41. The number of aromatic nitrogens is 1. The molecule has 0 unspecified atom stereocenters. The van der Waals surface area contributed by atoms with Crippen LogP contribution in [0.15, 0.2) is 48.8 Å². The molecule has 3 nitrogen and oxygen atoms in total.